The van der Waals surface area contributed by atoms with E-state index in [1.165, 1.54) is 0 Å². The van der Waals surface area contributed by atoms with E-state index in [9.17, 15) is 9.59 Å². The normalized spacial score (nSPS) is 25.2. The fourth-order valence-electron chi connectivity index (χ4n) is 1.52. The van der Waals surface area contributed by atoms with Gasteiger partial charge >= 0.3 is 6.09 Å². The van der Waals surface area contributed by atoms with E-state index in [1.807, 2.05) is 0 Å². The number of ether oxygens (including phenoxy) is 2. The van der Waals surface area contributed by atoms with Gasteiger partial charge in [0.25, 0.3) is 0 Å². The monoisotopic (exact) mass is 263 g/mol. The summed E-state index contributed by atoms with van der Waals surface area (Å²) in [6, 6.07) is -0.128. The summed E-state index contributed by atoms with van der Waals surface area (Å²) in [6.07, 6.45) is 0.153. The lowest BCUT2D eigenvalue weighted by molar-refractivity contribution is -0.125. The molecule has 0 bridgehead atoms. The fourth-order valence-corrected chi connectivity index (χ4v) is 1.69. The van der Waals surface area contributed by atoms with Crippen LogP contribution in [0.25, 0.3) is 0 Å². The fraction of sp³-hybridized carbons (Fsp3) is 0.818. The van der Waals surface area contributed by atoms with Gasteiger partial charge in [-0.2, -0.15) is 0 Å². The minimum absolute atomic E-state index is 0.128. The zero-order valence-electron chi connectivity index (χ0n) is 10.3. The zero-order valence-corrected chi connectivity index (χ0v) is 11.0. The summed E-state index contributed by atoms with van der Waals surface area (Å²) in [6.45, 7) is 5.67. The lowest BCUT2D eigenvalue weighted by Gasteiger charge is -2.28. The molecule has 0 aromatic heterocycles. The third-order valence-electron chi connectivity index (χ3n) is 2.25. The van der Waals surface area contributed by atoms with Crippen molar-refractivity contribution in [2.45, 2.75) is 51.4 Å². The second-order valence-corrected chi connectivity index (χ2v) is 5.42. The quantitative estimate of drug-likeness (QED) is 0.772. The number of nitrogens with one attached hydrogen (secondary N) is 1. The number of rotatable bonds is 2. The highest BCUT2D eigenvalue weighted by molar-refractivity contribution is 6.64. The summed E-state index contributed by atoms with van der Waals surface area (Å²) in [4.78, 5) is 22.3. The van der Waals surface area contributed by atoms with Crippen molar-refractivity contribution in [2.24, 2.45) is 0 Å². The molecule has 1 aliphatic rings. The van der Waals surface area contributed by atoms with E-state index in [-0.39, 0.29) is 12.6 Å². The van der Waals surface area contributed by atoms with E-state index in [0.717, 1.165) is 0 Å². The number of halogens is 1. The molecule has 0 spiro atoms. The molecule has 0 aromatic carbocycles. The first kappa shape index (κ1) is 14.3. The van der Waals surface area contributed by atoms with Gasteiger partial charge < -0.3 is 14.8 Å². The van der Waals surface area contributed by atoms with Gasteiger partial charge in [0, 0.05) is 0 Å². The molecule has 6 heteroatoms. The molecule has 98 valence electrons. The van der Waals surface area contributed by atoms with E-state index >= 15 is 0 Å². The smallest absolute Gasteiger partial charge is 0.407 e. The first-order valence-electron chi connectivity index (χ1n) is 5.58. The average molecular weight is 264 g/mol. The van der Waals surface area contributed by atoms with E-state index in [2.05, 4.69) is 5.32 Å². The standard InChI is InChI=1S/C11H18ClNO4/c1-11(2,3)17-10(15)13-7-4-5-8(9(12)14)16-6-7/h7-8H,4-6H2,1-3H3,(H,13,15)/t7-,8+/m1/s1. The number of alkyl carbamates (subject to hydrolysis) is 1. The molecule has 0 aliphatic carbocycles. The Labute approximate surface area is 106 Å². The molecule has 1 rings (SSSR count). The van der Waals surface area contributed by atoms with Crippen LogP contribution in [0.5, 0.6) is 0 Å². The minimum Gasteiger partial charge on any atom is -0.444 e. The van der Waals surface area contributed by atoms with Gasteiger partial charge in [0.2, 0.25) is 5.24 Å². The van der Waals surface area contributed by atoms with Crippen molar-refractivity contribution >= 4 is 22.9 Å². The van der Waals surface area contributed by atoms with Gasteiger partial charge in [-0.25, -0.2) is 4.79 Å². The predicted molar refractivity (Wildman–Crippen MR) is 63.0 cm³/mol. The highest BCUT2D eigenvalue weighted by atomic mass is 35.5. The van der Waals surface area contributed by atoms with Crippen molar-refractivity contribution in [3.8, 4) is 0 Å². The Bertz CT molecular complexity index is 292. The molecule has 1 saturated heterocycles. The second kappa shape index (κ2) is 5.69. The first-order valence-corrected chi connectivity index (χ1v) is 5.96. The molecule has 2 atom stereocenters. The Hall–Kier alpha value is -0.810. The molecule has 0 unspecified atom stereocenters. The molecular formula is C11H18ClNO4. The summed E-state index contributed by atoms with van der Waals surface area (Å²) >= 11 is 5.32. The number of hydrogen-bond donors (Lipinski definition) is 1. The average Bonchev–Trinajstić information content (AvgIpc) is 2.15. The van der Waals surface area contributed by atoms with Gasteiger partial charge in [0.1, 0.15) is 11.7 Å². The molecule has 1 aliphatic heterocycles. The van der Waals surface area contributed by atoms with Gasteiger partial charge in [0.15, 0.2) is 0 Å². The highest BCUT2D eigenvalue weighted by Gasteiger charge is 2.27. The van der Waals surface area contributed by atoms with Gasteiger partial charge in [-0.05, 0) is 45.2 Å². The van der Waals surface area contributed by atoms with E-state index in [0.29, 0.717) is 12.8 Å². The molecule has 0 radical (unpaired) electrons. The molecule has 17 heavy (non-hydrogen) atoms. The summed E-state index contributed by atoms with van der Waals surface area (Å²) in [7, 11) is 0. The highest BCUT2D eigenvalue weighted by Crippen LogP contribution is 2.16. The van der Waals surface area contributed by atoms with Crippen LogP contribution in [0.15, 0.2) is 0 Å². The van der Waals surface area contributed by atoms with E-state index in [1.54, 1.807) is 20.8 Å². The van der Waals surface area contributed by atoms with Crippen LogP contribution in [-0.2, 0) is 14.3 Å². The third-order valence-corrected chi connectivity index (χ3v) is 2.49. The van der Waals surface area contributed by atoms with Crippen molar-refractivity contribution in [1.29, 1.82) is 0 Å². The van der Waals surface area contributed by atoms with Crippen LogP contribution in [0.2, 0.25) is 0 Å². The molecule has 5 nitrogen and oxygen atoms in total. The van der Waals surface area contributed by atoms with Crippen LogP contribution in [0, 0.1) is 0 Å². The second-order valence-electron chi connectivity index (χ2n) is 5.05. The molecule has 1 fully saturated rings. The Morgan fingerprint density at radius 1 is 1.35 bits per heavy atom. The predicted octanol–water partition coefficient (Wildman–Crippen LogP) is 1.82. The van der Waals surface area contributed by atoms with Crippen molar-refractivity contribution in [2.75, 3.05) is 6.61 Å². The molecule has 1 N–H and O–H groups in total. The number of amides is 1. The Morgan fingerprint density at radius 2 is 2.00 bits per heavy atom. The van der Waals surface area contributed by atoms with Crippen LogP contribution in [0.1, 0.15) is 33.6 Å². The number of carbonyl (C=O) groups excluding carboxylic acids is 2. The summed E-state index contributed by atoms with van der Waals surface area (Å²) in [5, 5.41) is 2.21. The molecule has 1 amide bonds. The Balaban J connectivity index is 2.31. The van der Waals surface area contributed by atoms with Gasteiger partial charge in [-0.15, -0.1) is 0 Å². The third kappa shape index (κ3) is 5.37. The number of carbonyl (C=O) groups is 2. The molecular weight excluding hydrogens is 246 g/mol. The summed E-state index contributed by atoms with van der Waals surface area (Å²) < 4.78 is 10.3. The van der Waals surface area contributed by atoms with E-state index in [4.69, 9.17) is 21.1 Å². The molecule has 1 heterocycles. The van der Waals surface area contributed by atoms with E-state index < -0.39 is 23.0 Å². The molecule has 0 aromatic rings. The lowest BCUT2D eigenvalue weighted by atomic mass is 10.1. The van der Waals surface area contributed by atoms with Crippen LogP contribution in [0.4, 0.5) is 4.79 Å². The van der Waals surface area contributed by atoms with Crippen molar-refractivity contribution in [3.63, 3.8) is 0 Å². The van der Waals surface area contributed by atoms with Gasteiger partial charge in [-0.3, -0.25) is 4.79 Å². The SMILES string of the molecule is CC(C)(C)OC(=O)N[C@@H]1CC[C@@H](C(=O)Cl)OC1. The largest absolute Gasteiger partial charge is 0.444 e. The summed E-state index contributed by atoms with van der Waals surface area (Å²) in [5.74, 6) is 0. The van der Waals surface area contributed by atoms with Gasteiger partial charge in [0.05, 0.1) is 12.6 Å². The van der Waals surface area contributed by atoms with Crippen LogP contribution in [0.3, 0.4) is 0 Å². The van der Waals surface area contributed by atoms with Crippen LogP contribution < -0.4 is 5.32 Å². The maximum Gasteiger partial charge on any atom is 0.407 e. The topological polar surface area (TPSA) is 64.6 Å². The Kier molecular flexibility index (Phi) is 4.77. The van der Waals surface area contributed by atoms with Gasteiger partial charge in [-0.1, -0.05) is 0 Å². The minimum atomic E-state index is -0.548. The van der Waals surface area contributed by atoms with Crippen LogP contribution in [-0.4, -0.2) is 35.7 Å². The lowest BCUT2D eigenvalue weighted by Crippen LogP contribution is -2.45. The van der Waals surface area contributed by atoms with Crippen molar-refractivity contribution in [3.05, 3.63) is 0 Å². The maximum absolute atomic E-state index is 11.5. The first-order chi connectivity index (χ1) is 7.78. The number of hydrogen-bond acceptors (Lipinski definition) is 4. The van der Waals surface area contributed by atoms with Crippen molar-refractivity contribution < 1.29 is 19.1 Å². The Morgan fingerprint density at radius 3 is 2.41 bits per heavy atom. The zero-order chi connectivity index (χ0) is 13.1. The van der Waals surface area contributed by atoms with Crippen LogP contribution >= 0.6 is 11.6 Å². The molecule has 0 saturated carbocycles. The van der Waals surface area contributed by atoms with Crippen molar-refractivity contribution in [1.82, 2.24) is 5.32 Å². The summed E-state index contributed by atoms with van der Waals surface area (Å²) in [5.41, 5.74) is -0.520. The maximum atomic E-state index is 11.5.